The lowest BCUT2D eigenvalue weighted by atomic mass is 10.2. The summed E-state index contributed by atoms with van der Waals surface area (Å²) in [6.07, 6.45) is 0. The molecule has 0 radical (unpaired) electrons. The summed E-state index contributed by atoms with van der Waals surface area (Å²) in [5.41, 5.74) is 6.15. The highest BCUT2D eigenvalue weighted by molar-refractivity contribution is 9.10. The fraction of sp³-hybridized carbons (Fsp3) is 0.111. The first-order chi connectivity index (χ1) is 7.00. The fourth-order valence-corrected chi connectivity index (χ4v) is 1.13. The summed E-state index contributed by atoms with van der Waals surface area (Å²) in [6.45, 7) is -0.658. The van der Waals surface area contributed by atoms with Crippen molar-refractivity contribution in [3.8, 4) is 0 Å². The zero-order chi connectivity index (χ0) is 11.4. The van der Waals surface area contributed by atoms with Crippen molar-refractivity contribution < 1.29 is 19.4 Å². The van der Waals surface area contributed by atoms with E-state index in [-0.39, 0.29) is 5.56 Å². The summed E-state index contributed by atoms with van der Waals surface area (Å²) in [6, 6.07) is 4.49. The molecule has 0 aliphatic heterocycles. The Morgan fingerprint density at radius 2 is 2.13 bits per heavy atom. The predicted molar refractivity (Wildman–Crippen MR) is 56.5 cm³/mol. The van der Waals surface area contributed by atoms with Gasteiger partial charge in [-0.15, -0.1) is 0 Å². The minimum atomic E-state index is -1.20. The maximum absolute atomic E-state index is 11.3. The molecule has 0 unspecified atom stereocenters. The van der Waals surface area contributed by atoms with Crippen LogP contribution in [-0.2, 0) is 9.53 Å². The number of ether oxygens (including phenoxy) is 1. The number of rotatable bonds is 3. The molecule has 1 rings (SSSR count). The number of carboxylic acid groups (broad SMARTS) is 1. The highest BCUT2D eigenvalue weighted by Crippen LogP contribution is 2.20. The Balaban J connectivity index is 2.74. The molecule has 3 N–H and O–H groups in total. The summed E-state index contributed by atoms with van der Waals surface area (Å²) >= 11 is 3.17. The van der Waals surface area contributed by atoms with Crippen LogP contribution in [0.15, 0.2) is 22.7 Å². The van der Waals surface area contributed by atoms with Crippen LogP contribution in [-0.4, -0.2) is 23.7 Å². The van der Waals surface area contributed by atoms with Gasteiger partial charge in [0.15, 0.2) is 6.61 Å². The Hall–Kier alpha value is -1.56. The number of hydrogen-bond acceptors (Lipinski definition) is 4. The van der Waals surface area contributed by atoms with Crippen molar-refractivity contribution >= 4 is 33.6 Å². The Labute approximate surface area is 94.0 Å². The number of nitrogen functional groups attached to an aromatic ring is 1. The van der Waals surface area contributed by atoms with Crippen molar-refractivity contribution in [2.24, 2.45) is 0 Å². The zero-order valence-electron chi connectivity index (χ0n) is 7.57. The van der Waals surface area contributed by atoms with Crippen molar-refractivity contribution in [1.82, 2.24) is 0 Å². The van der Waals surface area contributed by atoms with Gasteiger partial charge in [0, 0.05) is 10.2 Å². The van der Waals surface area contributed by atoms with E-state index < -0.39 is 18.5 Å². The molecule has 0 saturated carbocycles. The number of aliphatic carboxylic acids is 1. The molecule has 1 aromatic rings. The van der Waals surface area contributed by atoms with E-state index in [1.807, 2.05) is 0 Å². The number of nitrogens with two attached hydrogens (primary N) is 1. The molecule has 6 heteroatoms. The van der Waals surface area contributed by atoms with Crippen LogP contribution >= 0.6 is 15.9 Å². The van der Waals surface area contributed by atoms with Crippen LogP contribution < -0.4 is 5.73 Å². The Morgan fingerprint density at radius 3 is 2.67 bits per heavy atom. The molecule has 0 aliphatic carbocycles. The van der Waals surface area contributed by atoms with Gasteiger partial charge in [-0.2, -0.15) is 0 Å². The Kier molecular flexibility index (Phi) is 3.68. The number of carboxylic acids is 1. The number of esters is 1. The summed E-state index contributed by atoms with van der Waals surface area (Å²) in [4.78, 5) is 21.4. The number of carbonyl (C=O) groups excluding carboxylic acids is 1. The lowest BCUT2D eigenvalue weighted by Crippen LogP contribution is -2.13. The van der Waals surface area contributed by atoms with Gasteiger partial charge < -0.3 is 15.6 Å². The van der Waals surface area contributed by atoms with Crippen LogP contribution in [0.2, 0.25) is 0 Å². The molecule has 5 nitrogen and oxygen atoms in total. The minimum Gasteiger partial charge on any atom is -0.479 e. The summed E-state index contributed by atoms with van der Waals surface area (Å²) in [7, 11) is 0. The lowest BCUT2D eigenvalue weighted by molar-refractivity contribution is -0.140. The lowest BCUT2D eigenvalue weighted by Gasteiger charge is -2.03. The Bertz CT molecular complexity index is 405. The summed E-state index contributed by atoms with van der Waals surface area (Å²) < 4.78 is 5.14. The number of hydrogen-bond donors (Lipinski definition) is 2. The van der Waals surface area contributed by atoms with E-state index in [1.54, 1.807) is 6.07 Å². The van der Waals surface area contributed by atoms with Gasteiger partial charge in [0.25, 0.3) is 0 Å². The topological polar surface area (TPSA) is 89.6 Å². The van der Waals surface area contributed by atoms with Crippen LogP contribution in [0.3, 0.4) is 0 Å². The standard InChI is InChI=1S/C9H8BrNO4/c10-6-2-1-5(3-7(6)11)9(14)15-4-8(12)13/h1-3H,4,11H2,(H,12,13). The van der Waals surface area contributed by atoms with Crippen molar-refractivity contribution in [3.05, 3.63) is 28.2 Å². The third-order valence-electron chi connectivity index (χ3n) is 1.56. The summed E-state index contributed by atoms with van der Waals surface area (Å²) in [5, 5.41) is 8.30. The van der Waals surface area contributed by atoms with Gasteiger partial charge in [0.2, 0.25) is 0 Å². The number of benzene rings is 1. The van der Waals surface area contributed by atoms with E-state index in [1.165, 1.54) is 12.1 Å². The normalized spacial score (nSPS) is 9.67. The van der Waals surface area contributed by atoms with Crippen molar-refractivity contribution in [2.75, 3.05) is 12.3 Å². The van der Waals surface area contributed by atoms with Gasteiger partial charge in [-0.1, -0.05) is 0 Å². The van der Waals surface area contributed by atoms with Crippen molar-refractivity contribution in [1.29, 1.82) is 0 Å². The second kappa shape index (κ2) is 4.79. The van der Waals surface area contributed by atoms with Crippen molar-refractivity contribution in [2.45, 2.75) is 0 Å². The van der Waals surface area contributed by atoms with Crippen LogP contribution in [0.25, 0.3) is 0 Å². The van der Waals surface area contributed by atoms with Gasteiger partial charge in [-0.3, -0.25) is 0 Å². The third kappa shape index (κ3) is 3.25. The van der Waals surface area contributed by atoms with E-state index in [0.717, 1.165) is 0 Å². The van der Waals surface area contributed by atoms with Gasteiger partial charge in [-0.25, -0.2) is 9.59 Å². The SMILES string of the molecule is Nc1cc(C(=O)OCC(=O)O)ccc1Br. The first-order valence-corrected chi connectivity index (χ1v) is 4.74. The molecule has 0 aliphatic rings. The number of anilines is 1. The smallest absolute Gasteiger partial charge is 0.341 e. The average molecular weight is 274 g/mol. The average Bonchev–Trinajstić information content (AvgIpc) is 2.18. The van der Waals surface area contributed by atoms with E-state index in [0.29, 0.717) is 10.2 Å². The van der Waals surface area contributed by atoms with E-state index >= 15 is 0 Å². The van der Waals surface area contributed by atoms with E-state index in [4.69, 9.17) is 10.8 Å². The van der Waals surface area contributed by atoms with Gasteiger partial charge in [-0.05, 0) is 34.1 Å². The molecule has 0 amide bonds. The molecule has 0 bridgehead atoms. The molecule has 0 fully saturated rings. The van der Waals surface area contributed by atoms with Gasteiger partial charge >= 0.3 is 11.9 Å². The quantitative estimate of drug-likeness (QED) is 0.640. The highest BCUT2D eigenvalue weighted by atomic mass is 79.9. The second-order valence-electron chi connectivity index (χ2n) is 2.71. The molecular weight excluding hydrogens is 266 g/mol. The van der Waals surface area contributed by atoms with Crippen LogP contribution in [0.5, 0.6) is 0 Å². The number of carbonyl (C=O) groups is 2. The molecule has 0 spiro atoms. The minimum absolute atomic E-state index is 0.219. The fourth-order valence-electron chi connectivity index (χ4n) is 0.881. The number of halogens is 1. The molecule has 0 saturated heterocycles. The highest BCUT2D eigenvalue weighted by Gasteiger charge is 2.10. The van der Waals surface area contributed by atoms with E-state index in [9.17, 15) is 9.59 Å². The van der Waals surface area contributed by atoms with Gasteiger partial charge in [0.05, 0.1) is 5.56 Å². The summed E-state index contributed by atoms with van der Waals surface area (Å²) in [5.74, 6) is -1.91. The second-order valence-corrected chi connectivity index (χ2v) is 3.56. The monoisotopic (exact) mass is 273 g/mol. The van der Waals surface area contributed by atoms with Crippen LogP contribution in [0.4, 0.5) is 5.69 Å². The van der Waals surface area contributed by atoms with E-state index in [2.05, 4.69) is 20.7 Å². The van der Waals surface area contributed by atoms with Gasteiger partial charge in [0.1, 0.15) is 0 Å². The maximum Gasteiger partial charge on any atom is 0.341 e. The Morgan fingerprint density at radius 1 is 1.47 bits per heavy atom. The third-order valence-corrected chi connectivity index (χ3v) is 2.28. The maximum atomic E-state index is 11.3. The zero-order valence-corrected chi connectivity index (χ0v) is 9.15. The molecule has 0 atom stereocenters. The van der Waals surface area contributed by atoms with Crippen molar-refractivity contribution in [3.63, 3.8) is 0 Å². The first-order valence-electron chi connectivity index (χ1n) is 3.94. The molecule has 1 aromatic carbocycles. The molecule has 15 heavy (non-hydrogen) atoms. The molecule has 0 heterocycles. The largest absolute Gasteiger partial charge is 0.479 e. The molecular formula is C9H8BrNO4. The molecule has 80 valence electrons. The van der Waals surface area contributed by atoms with Crippen LogP contribution in [0.1, 0.15) is 10.4 Å². The molecule has 0 aromatic heterocycles. The van der Waals surface area contributed by atoms with Crippen LogP contribution in [0, 0.1) is 0 Å². The predicted octanol–water partition coefficient (Wildman–Crippen LogP) is 1.27. The first kappa shape index (κ1) is 11.5.